The fraction of sp³-hybridized carbons (Fsp3) is 0.533. The van der Waals surface area contributed by atoms with Gasteiger partial charge in [0.05, 0.1) is 11.7 Å². The molecule has 1 N–H and O–H groups in total. The average Bonchev–Trinajstić information content (AvgIpc) is 2.88. The van der Waals surface area contributed by atoms with E-state index in [9.17, 15) is 0 Å². The van der Waals surface area contributed by atoms with E-state index in [1.165, 1.54) is 21.7 Å². The first kappa shape index (κ1) is 14.3. The summed E-state index contributed by atoms with van der Waals surface area (Å²) in [5, 5.41) is 10.4. The second-order valence-electron chi connectivity index (χ2n) is 5.06. The molecule has 19 heavy (non-hydrogen) atoms. The highest BCUT2D eigenvalue weighted by Crippen LogP contribution is 2.32. The van der Waals surface area contributed by atoms with Gasteiger partial charge < -0.3 is 5.32 Å². The second-order valence-corrected chi connectivity index (χ2v) is 6.01. The number of aromatic nitrogens is 2. The molecule has 4 heteroatoms. The number of thiophene rings is 1. The third-order valence-electron chi connectivity index (χ3n) is 3.62. The summed E-state index contributed by atoms with van der Waals surface area (Å²) in [6, 6.07) is 2.47. The van der Waals surface area contributed by atoms with Crippen LogP contribution in [0.4, 0.5) is 0 Å². The quantitative estimate of drug-likeness (QED) is 0.906. The molecule has 2 aromatic heterocycles. The number of nitrogens with zero attached hydrogens (tertiary/aromatic N) is 2. The molecule has 0 amide bonds. The van der Waals surface area contributed by atoms with Crippen LogP contribution in [0.2, 0.25) is 0 Å². The van der Waals surface area contributed by atoms with Crippen LogP contribution < -0.4 is 5.32 Å². The molecule has 1 unspecified atom stereocenters. The Hall–Kier alpha value is -1.13. The minimum Gasteiger partial charge on any atom is -0.305 e. The molecular formula is C15H23N3S. The molecule has 3 nitrogen and oxygen atoms in total. The van der Waals surface area contributed by atoms with Crippen molar-refractivity contribution in [3.05, 3.63) is 38.8 Å². The zero-order chi connectivity index (χ0) is 14.0. The van der Waals surface area contributed by atoms with Gasteiger partial charge in [-0.15, -0.1) is 11.3 Å². The molecule has 0 aromatic carbocycles. The van der Waals surface area contributed by atoms with Gasteiger partial charge >= 0.3 is 0 Å². The molecule has 0 aliphatic rings. The fourth-order valence-corrected chi connectivity index (χ4v) is 3.51. The van der Waals surface area contributed by atoms with Gasteiger partial charge in [-0.3, -0.25) is 4.68 Å². The highest BCUT2D eigenvalue weighted by Gasteiger charge is 2.23. The summed E-state index contributed by atoms with van der Waals surface area (Å²) in [6.45, 7) is 9.67. The van der Waals surface area contributed by atoms with E-state index in [-0.39, 0.29) is 6.04 Å². The third kappa shape index (κ3) is 2.74. The highest BCUT2D eigenvalue weighted by atomic mass is 32.1. The first-order valence-corrected chi connectivity index (χ1v) is 7.71. The molecule has 0 fully saturated rings. The minimum atomic E-state index is 0.272. The Morgan fingerprint density at radius 2 is 2.11 bits per heavy atom. The summed E-state index contributed by atoms with van der Waals surface area (Å²) < 4.78 is 1.98. The van der Waals surface area contributed by atoms with E-state index in [1.54, 1.807) is 0 Å². The summed E-state index contributed by atoms with van der Waals surface area (Å²) in [4.78, 5) is 1.41. The van der Waals surface area contributed by atoms with Gasteiger partial charge in [-0.2, -0.15) is 5.10 Å². The SMILES string of the molecule is CCCNC(c1sccc1C)c1c(C)nn(C)c1C. The van der Waals surface area contributed by atoms with Crippen molar-refractivity contribution in [1.29, 1.82) is 0 Å². The minimum absolute atomic E-state index is 0.272. The number of aryl methyl sites for hydroxylation is 3. The maximum Gasteiger partial charge on any atom is 0.0710 e. The van der Waals surface area contributed by atoms with Gasteiger partial charge in [0.15, 0.2) is 0 Å². The summed E-state index contributed by atoms with van der Waals surface area (Å²) in [5.74, 6) is 0. The van der Waals surface area contributed by atoms with E-state index >= 15 is 0 Å². The summed E-state index contributed by atoms with van der Waals surface area (Å²) in [5.41, 5.74) is 5.07. The predicted octanol–water partition coefficient (Wildman–Crippen LogP) is 3.50. The van der Waals surface area contributed by atoms with Crippen LogP contribution in [0, 0.1) is 20.8 Å². The van der Waals surface area contributed by atoms with Crippen molar-refractivity contribution < 1.29 is 0 Å². The van der Waals surface area contributed by atoms with Crippen molar-refractivity contribution in [1.82, 2.24) is 15.1 Å². The van der Waals surface area contributed by atoms with Crippen molar-refractivity contribution in [2.75, 3.05) is 6.54 Å². The maximum atomic E-state index is 4.56. The Morgan fingerprint density at radius 3 is 2.58 bits per heavy atom. The van der Waals surface area contributed by atoms with Crippen LogP contribution in [0.5, 0.6) is 0 Å². The Balaban J connectivity index is 2.46. The lowest BCUT2D eigenvalue weighted by Gasteiger charge is -2.19. The van der Waals surface area contributed by atoms with E-state index < -0.39 is 0 Å². The molecule has 0 aliphatic heterocycles. The van der Waals surface area contributed by atoms with Gasteiger partial charge in [0, 0.05) is 23.2 Å². The number of nitrogens with one attached hydrogen (secondary N) is 1. The topological polar surface area (TPSA) is 29.9 Å². The van der Waals surface area contributed by atoms with Crippen molar-refractivity contribution in [3.8, 4) is 0 Å². The summed E-state index contributed by atoms with van der Waals surface area (Å²) in [7, 11) is 2.02. The Morgan fingerprint density at radius 1 is 1.37 bits per heavy atom. The van der Waals surface area contributed by atoms with Crippen molar-refractivity contribution in [2.24, 2.45) is 7.05 Å². The molecule has 2 heterocycles. The molecule has 104 valence electrons. The van der Waals surface area contributed by atoms with Crippen LogP contribution >= 0.6 is 11.3 Å². The molecule has 0 saturated heterocycles. The van der Waals surface area contributed by atoms with E-state index in [2.05, 4.69) is 49.6 Å². The van der Waals surface area contributed by atoms with Gasteiger partial charge in [-0.1, -0.05) is 6.92 Å². The molecule has 0 radical (unpaired) electrons. The normalized spacial score (nSPS) is 12.9. The van der Waals surface area contributed by atoms with Crippen LogP contribution in [0.25, 0.3) is 0 Å². The standard InChI is InChI=1S/C15H23N3S/c1-6-8-16-14(15-10(2)7-9-19-15)13-11(3)17-18(5)12(13)4/h7,9,14,16H,6,8H2,1-5H3. The first-order chi connectivity index (χ1) is 9.06. The van der Waals surface area contributed by atoms with Crippen LogP contribution in [-0.4, -0.2) is 16.3 Å². The lowest BCUT2D eigenvalue weighted by molar-refractivity contribution is 0.598. The predicted molar refractivity (Wildman–Crippen MR) is 81.9 cm³/mol. The average molecular weight is 277 g/mol. The number of hydrogen-bond acceptors (Lipinski definition) is 3. The van der Waals surface area contributed by atoms with Crippen LogP contribution in [0.3, 0.4) is 0 Å². The molecule has 0 saturated carbocycles. The van der Waals surface area contributed by atoms with Crippen molar-refractivity contribution in [3.63, 3.8) is 0 Å². The van der Waals surface area contributed by atoms with E-state index in [4.69, 9.17) is 0 Å². The third-order valence-corrected chi connectivity index (χ3v) is 4.70. The Labute approximate surface area is 119 Å². The smallest absolute Gasteiger partial charge is 0.0710 e. The van der Waals surface area contributed by atoms with Gasteiger partial charge in [-0.25, -0.2) is 0 Å². The number of rotatable bonds is 5. The first-order valence-electron chi connectivity index (χ1n) is 6.83. The fourth-order valence-electron chi connectivity index (χ4n) is 2.50. The largest absolute Gasteiger partial charge is 0.305 e. The monoisotopic (exact) mass is 277 g/mol. The van der Waals surface area contributed by atoms with Crippen molar-refractivity contribution >= 4 is 11.3 Å². The number of hydrogen-bond donors (Lipinski definition) is 1. The van der Waals surface area contributed by atoms with Gasteiger partial charge in [0.1, 0.15) is 0 Å². The lowest BCUT2D eigenvalue weighted by Crippen LogP contribution is -2.24. The van der Waals surface area contributed by atoms with Crippen LogP contribution in [0.1, 0.15) is 46.8 Å². The van der Waals surface area contributed by atoms with Crippen LogP contribution in [-0.2, 0) is 7.05 Å². The zero-order valence-corrected chi connectivity index (χ0v) is 13.3. The van der Waals surface area contributed by atoms with Gasteiger partial charge in [-0.05, 0) is 50.7 Å². The summed E-state index contributed by atoms with van der Waals surface area (Å²) >= 11 is 1.83. The molecule has 0 bridgehead atoms. The van der Waals surface area contributed by atoms with E-state index in [0.717, 1.165) is 18.7 Å². The maximum absolute atomic E-state index is 4.56. The van der Waals surface area contributed by atoms with Gasteiger partial charge in [0.2, 0.25) is 0 Å². The van der Waals surface area contributed by atoms with Crippen molar-refractivity contribution in [2.45, 2.75) is 40.2 Å². The highest BCUT2D eigenvalue weighted by molar-refractivity contribution is 7.10. The lowest BCUT2D eigenvalue weighted by atomic mass is 10.0. The van der Waals surface area contributed by atoms with E-state index in [0.29, 0.717) is 0 Å². The zero-order valence-electron chi connectivity index (χ0n) is 12.4. The Kier molecular flexibility index (Phi) is 4.42. The van der Waals surface area contributed by atoms with Gasteiger partial charge in [0.25, 0.3) is 0 Å². The summed E-state index contributed by atoms with van der Waals surface area (Å²) in [6.07, 6.45) is 1.14. The second kappa shape index (κ2) is 5.88. The molecule has 1 atom stereocenters. The molecule has 0 aliphatic carbocycles. The molecule has 2 aromatic rings. The Bertz CT molecular complexity index is 554. The molecular weight excluding hydrogens is 254 g/mol. The molecule has 2 rings (SSSR count). The van der Waals surface area contributed by atoms with E-state index in [1.807, 2.05) is 23.1 Å². The van der Waals surface area contributed by atoms with Crippen LogP contribution in [0.15, 0.2) is 11.4 Å². The molecule has 0 spiro atoms.